The van der Waals surface area contributed by atoms with E-state index >= 15 is 0 Å². The molecule has 0 aromatic carbocycles. The minimum absolute atomic E-state index is 0.204. The fourth-order valence-electron chi connectivity index (χ4n) is 0.614. The molecule has 2 unspecified atom stereocenters. The van der Waals surface area contributed by atoms with Crippen molar-refractivity contribution in [3.05, 3.63) is 12.7 Å². The van der Waals surface area contributed by atoms with Gasteiger partial charge in [-0.15, -0.1) is 0 Å². The van der Waals surface area contributed by atoms with Gasteiger partial charge in [0.25, 0.3) is 0 Å². The number of rotatable bonds is 4. The topological polar surface area (TPSA) is 37.3 Å². The van der Waals surface area contributed by atoms with Crippen molar-refractivity contribution < 1.29 is 9.46 Å². The van der Waals surface area contributed by atoms with Gasteiger partial charge < -0.3 is 0 Å². The van der Waals surface area contributed by atoms with E-state index in [4.69, 9.17) is 4.89 Å². The second-order valence-corrected chi connectivity index (χ2v) is 3.16. The molecule has 0 saturated carbocycles. The summed E-state index contributed by atoms with van der Waals surface area (Å²) in [5.74, 6) is 0. The molecule has 0 amide bonds. The lowest BCUT2D eigenvalue weighted by atomic mass is 10.2. The van der Waals surface area contributed by atoms with Crippen molar-refractivity contribution in [1.82, 2.24) is 0 Å². The van der Waals surface area contributed by atoms with Gasteiger partial charge in [-0.3, -0.25) is 0 Å². The Bertz CT molecular complexity index is 112. The average molecular weight is 147 g/mol. The van der Waals surface area contributed by atoms with Gasteiger partial charge in [0.15, 0.2) is 0 Å². The first-order valence-corrected chi connectivity index (χ1v) is 4.28. The van der Waals surface area contributed by atoms with Crippen molar-refractivity contribution in [3.63, 3.8) is 0 Å². The third-order valence-corrected chi connectivity index (χ3v) is 2.18. The molecule has 2 nitrogen and oxygen atoms in total. The summed E-state index contributed by atoms with van der Waals surface area (Å²) in [5.41, 5.74) is -0.204. The van der Waals surface area contributed by atoms with Crippen molar-refractivity contribution in [1.29, 1.82) is 0 Å². The largest absolute Gasteiger partial charge is 0.512 e. The third kappa shape index (κ3) is 3.39. The zero-order valence-corrected chi connectivity index (χ0v) is 6.47. The van der Waals surface area contributed by atoms with Gasteiger partial charge in [0, 0.05) is 6.42 Å². The molecule has 52 valence electrons. The molecule has 0 aromatic heterocycles. The van der Waals surface area contributed by atoms with Crippen LogP contribution in [0.5, 0.6) is 0 Å². The van der Waals surface area contributed by atoms with Crippen LogP contribution in [0.4, 0.5) is 0 Å². The summed E-state index contributed by atoms with van der Waals surface area (Å²) in [7, 11) is -2.04. The van der Waals surface area contributed by atoms with E-state index in [-0.39, 0.29) is 5.66 Å². The van der Waals surface area contributed by atoms with Gasteiger partial charge in [0.1, 0.15) is 0 Å². The van der Waals surface area contributed by atoms with Gasteiger partial charge in [-0.25, -0.2) is 0 Å². The maximum Gasteiger partial charge on any atom is 0.512 e. The summed E-state index contributed by atoms with van der Waals surface area (Å²) in [5, 5.41) is 0. The summed E-state index contributed by atoms with van der Waals surface area (Å²) in [4.78, 5) is 8.58. The maximum absolute atomic E-state index is 10.4. The van der Waals surface area contributed by atoms with E-state index < -0.39 is 8.03 Å². The van der Waals surface area contributed by atoms with Crippen molar-refractivity contribution in [2.45, 2.75) is 25.4 Å². The maximum atomic E-state index is 10.4. The minimum atomic E-state index is -2.04. The summed E-state index contributed by atoms with van der Waals surface area (Å²) in [6.45, 7) is 5.44. The molecule has 0 radical (unpaired) electrons. The van der Waals surface area contributed by atoms with Crippen LogP contribution in [0, 0.1) is 0 Å². The monoisotopic (exact) mass is 147 g/mol. The van der Waals surface area contributed by atoms with Crippen LogP contribution in [0.1, 0.15) is 19.8 Å². The van der Waals surface area contributed by atoms with Crippen LogP contribution in [0.2, 0.25) is 0 Å². The smallest absolute Gasteiger partial charge is 0.160 e. The first kappa shape index (κ1) is 8.80. The van der Waals surface area contributed by atoms with Crippen molar-refractivity contribution >= 4 is 8.03 Å². The number of hydrogen-bond donors (Lipinski definition) is 1. The summed E-state index contributed by atoms with van der Waals surface area (Å²) >= 11 is 0. The molecule has 0 aromatic rings. The molecule has 0 bridgehead atoms. The summed E-state index contributed by atoms with van der Waals surface area (Å²) in [6, 6.07) is 0. The molecule has 2 atom stereocenters. The Morgan fingerprint density at radius 3 is 2.56 bits per heavy atom. The fraction of sp³-hybridized carbons (Fsp3) is 0.667. The highest BCUT2D eigenvalue weighted by molar-refractivity contribution is 7.39. The minimum Gasteiger partial charge on any atom is -0.160 e. The van der Waals surface area contributed by atoms with E-state index in [1.807, 2.05) is 6.92 Å². The molecule has 0 fully saturated rings. The SMILES string of the molecule is C=CC(CCC)[P+](=O)O. The Balaban J connectivity index is 3.68. The molecular weight excluding hydrogens is 135 g/mol. The molecule has 1 N–H and O–H groups in total. The standard InChI is InChI=1S/C6H11O2P/c1-3-5-6(4-2)9(7)8/h4,6H,2-3,5H2,1H3/p+1. The van der Waals surface area contributed by atoms with Crippen molar-refractivity contribution in [2.24, 2.45) is 0 Å². The molecule has 0 aliphatic heterocycles. The molecule has 0 heterocycles. The van der Waals surface area contributed by atoms with E-state index in [1.165, 1.54) is 0 Å². The van der Waals surface area contributed by atoms with Gasteiger partial charge in [-0.1, -0.05) is 19.9 Å². The van der Waals surface area contributed by atoms with Crippen molar-refractivity contribution in [3.8, 4) is 0 Å². The lowest BCUT2D eigenvalue weighted by Gasteiger charge is -1.91. The van der Waals surface area contributed by atoms with Gasteiger partial charge in [0.05, 0.1) is 0 Å². The van der Waals surface area contributed by atoms with E-state index in [2.05, 4.69) is 6.58 Å². The van der Waals surface area contributed by atoms with E-state index in [1.54, 1.807) is 6.08 Å². The first-order valence-electron chi connectivity index (χ1n) is 3.00. The number of hydrogen-bond acceptors (Lipinski definition) is 1. The Labute approximate surface area is 56.5 Å². The van der Waals surface area contributed by atoms with Gasteiger partial charge in [-0.2, -0.15) is 4.89 Å². The molecular formula is C6H12O2P+. The highest BCUT2D eigenvalue weighted by Crippen LogP contribution is 2.26. The molecule has 0 rings (SSSR count). The predicted molar refractivity (Wildman–Crippen MR) is 38.7 cm³/mol. The third-order valence-electron chi connectivity index (χ3n) is 1.14. The average Bonchev–Trinajstić information content (AvgIpc) is 1.82. The van der Waals surface area contributed by atoms with Crippen LogP contribution < -0.4 is 0 Å². The summed E-state index contributed by atoms with van der Waals surface area (Å²) in [6.07, 6.45) is 3.23. The van der Waals surface area contributed by atoms with Gasteiger partial charge >= 0.3 is 8.03 Å². The van der Waals surface area contributed by atoms with Crippen molar-refractivity contribution in [2.75, 3.05) is 0 Å². The lowest BCUT2D eigenvalue weighted by molar-refractivity contribution is 0.492. The summed E-state index contributed by atoms with van der Waals surface area (Å²) < 4.78 is 10.4. The van der Waals surface area contributed by atoms with E-state index in [0.717, 1.165) is 12.8 Å². The number of allylic oxidation sites excluding steroid dienone is 1. The van der Waals surface area contributed by atoms with Crippen LogP contribution in [0.15, 0.2) is 12.7 Å². The van der Waals surface area contributed by atoms with Gasteiger partial charge in [-0.05, 0) is 10.6 Å². The normalized spacial score (nSPS) is 14.7. The van der Waals surface area contributed by atoms with Crippen LogP contribution in [0.3, 0.4) is 0 Å². The second-order valence-electron chi connectivity index (χ2n) is 1.89. The molecule has 0 aliphatic rings. The molecule has 0 aliphatic carbocycles. The molecule has 3 heteroatoms. The molecule has 0 saturated heterocycles. The zero-order valence-electron chi connectivity index (χ0n) is 5.58. The van der Waals surface area contributed by atoms with Gasteiger partial charge in [0.2, 0.25) is 5.66 Å². The Kier molecular flexibility index (Phi) is 4.55. The zero-order chi connectivity index (χ0) is 7.28. The molecule has 0 spiro atoms. The Morgan fingerprint density at radius 1 is 1.89 bits per heavy atom. The highest BCUT2D eigenvalue weighted by atomic mass is 31.1. The van der Waals surface area contributed by atoms with Crippen LogP contribution in [-0.4, -0.2) is 10.6 Å². The Hall–Kier alpha value is -0.200. The fourth-order valence-corrected chi connectivity index (χ4v) is 1.27. The Morgan fingerprint density at radius 2 is 2.44 bits per heavy atom. The predicted octanol–water partition coefficient (Wildman–Crippen LogP) is 2.08. The van der Waals surface area contributed by atoms with Crippen LogP contribution >= 0.6 is 8.03 Å². The second kappa shape index (κ2) is 4.66. The lowest BCUT2D eigenvalue weighted by Crippen LogP contribution is -1.94. The van der Waals surface area contributed by atoms with E-state index in [9.17, 15) is 4.57 Å². The first-order chi connectivity index (χ1) is 4.22. The highest BCUT2D eigenvalue weighted by Gasteiger charge is 2.23. The molecule has 9 heavy (non-hydrogen) atoms. The van der Waals surface area contributed by atoms with Crippen LogP contribution in [-0.2, 0) is 4.57 Å². The van der Waals surface area contributed by atoms with E-state index in [0.29, 0.717) is 0 Å². The quantitative estimate of drug-likeness (QED) is 0.488. The van der Waals surface area contributed by atoms with Crippen LogP contribution in [0.25, 0.3) is 0 Å².